The second kappa shape index (κ2) is 4.66. The number of nitrogens with zero attached hydrogens (tertiary/aromatic N) is 2. The van der Waals surface area contributed by atoms with Crippen LogP contribution in [0, 0.1) is 0 Å². The van der Waals surface area contributed by atoms with E-state index in [0.717, 1.165) is 0 Å². The molecule has 11 heavy (non-hydrogen) atoms. The Kier molecular flexibility index (Phi) is 4.60. The molecule has 0 aliphatic carbocycles. The van der Waals surface area contributed by atoms with E-state index in [0.29, 0.717) is 0 Å². The average Bonchev–Trinajstić information content (AvgIpc) is 2.12. The lowest BCUT2D eigenvalue weighted by Crippen LogP contribution is -1.76. The first-order valence-corrected chi connectivity index (χ1v) is 6.20. The molecule has 5 nitrogen and oxygen atoms in total. The second-order valence-corrected chi connectivity index (χ2v) is 5.42. The minimum absolute atomic E-state index is 1.75. The summed E-state index contributed by atoms with van der Waals surface area (Å²) in [6.07, 6.45) is 1.56. The Balaban J connectivity index is 0.000000187. The molecule has 7 heteroatoms. The van der Waals surface area contributed by atoms with Crippen LogP contribution in [0.4, 0.5) is 0 Å². The van der Waals surface area contributed by atoms with Crippen LogP contribution in [0.1, 0.15) is 0 Å². The topological polar surface area (TPSA) is 75.4 Å². The molecule has 64 valence electrons. The van der Waals surface area contributed by atoms with Crippen molar-refractivity contribution < 1.29 is 14.4 Å². The maximum atomic E-state index is 9.24. The predicted molar refractivity (Wildman–Crippen MR) is 44.2 cm³/mol. The molecule has 0 atom stereocenters. The first kappa shape index (κ1) is 10.8. The third-order valence-corrected chi connectivity index (χ3v) is 0.637. The summed E-state index contributed by atoms with van der Waals surface area (Å²) in [6.45, 7) is 0. The van der Waals surface area contributed by atoms with E-state index in [1.165, 1.54) is 0 Å². The zero-order valence-electron chi connectivity index (χ0n) is 5.75. The third-order valence-electron chi connectivity index (χ3n) is 0.637. The SMILES string of the molecule is Cn1ccnc1.O=P(O)(O)Br. The van der Waals surface area contributed by atoms with Gasteiger partial charge < -0.3 is 14.4 Å². The van der Waals surface area contributed by atoms with Crippen molar-refractivity contribution in [2.45, 2.75) is 0 Å². The van der Waals surface area contributed by atoms with E-state index in [-0.39, 0.29) is 0 Å². The number of halogens is 1. The smallest absolute Gasteiger partial charge is 0.341 e. The van der Waals surface area contributed by atoms with Crippen molar-refractivity contribution in [3.05, 3.63) is 18.7 Å². The molecule has 0 amide bonds. The first-order valence-electron chi connectivity index (χ1n) is 2.56. The molecule has 0 aliphatic rings. The van der Waals surface area contributed by atoms with E-state index in [4.69, 9.17) is 9.79 Å². The molecular weight excluding hydrogens is 235 g/mol. The Labute approximate surface area is 72.0 Å². The monoisotopic (exact) mass is 242 g/mol. The van der Waals surface area contributed by atoms with Crippen LogP contribution in [-0.4, -0.2) is 19.3 Å². The largest absolute Gasteiger partial charge is 0.391 e. The van der Waals surface area contributed by atoms with Crippen LogP contribution >= 0.6 is 21.8 Å². The van der Waals surface area contributed by atoms with E-state index < -0.39 is 6.30 Å². The highest BCUT2D eigenvalue weighted by Crippen LogP contribution is 2.43. The highest BCUT2D eigenvalue weighted by molar-refractivity contribution is 9.39. The van der Waals surface area contributed by atoms with Crippen molar-refractivity contribution in [2.24, 2.45) is 7.05 Å². The van der Waals surface area contributed by atoms with Gasteiger partial charge in [-0.3, -0.25) is 0 Å². The number of aryl methyl sites for hydroxylation is 1. The van der Waals surface area contributed by atoms with Gasteiger partial charge in [-0.05, 0) is 0 Å². The van der Waals surface area contributed by atoms with Gasteiger partial charge in [-0.1, -0.05) is 0 Å². The van der Waals surface area contributed by atoms with Crippen molar-refractivity contribution >= 4 is 21.8 Å². The van der Waals surface area contributed by atoms with Crippen molar-refractivity contribution in [1.82, 2.24) is 9.55 Å². The number of imidazole rings is 1. The zero-order valence-corrected chi connectivity index (χ0v) is 8.23. The van der Waals surface area contributed by atoms with Gasteiger partial charge in [0.15, 0.2) is 0 Å². The number of rotatable bonds is 0. The van der Waals surface area contributed by atoms with Gasteiger partial charge in [0, 0.05) is 34.9 Å². The lowest BCUT2D eigenvalue weighted by atomic mass is 10.9. The van der Waals surface area contributed by atoms with Crippen LogP contribution < -0.4 is 0 Å². The van der Waals surface area contributed by atoms with Crippen LogP contribution in [0.5, 0.6) is 0 Å². The van der Waals surface area contributed by atoms with Gasteiger partial charge in [0.05, 0.1) is 6.33 Å². The predicted octanol–water partition coefficient (Wildman–Crippen LogP) is 0.894. The molecule has 1 aromatic rings. The first-order chi connectivity index (χ1) is 4.89. The van der Waals surface area contributed by atoms with Gasteiger partial charge in [0.2, 0.25) is 0 Å². The molecule has 0 fully saturated rings. The number of hydrogen-bond acceptors (Lipinski definition) is 2. The van der Waals surface area contributed by atoms with Crippen molar-refractivity contribution in [1.29, 1.82) is 0 Å². The molecule has 0 radical (unpaired) electrons. The third kappa shape index (κ3) is 12.9. The molecule has 1 rings (SSSR count). The Morgan fingerprint density at radius 1 is 1.64 bits per heavy atom. The van der Waals surface area contributed by atoms with Crippen molar-refractivity contribution in [3.63, 3.8) is 0 Å². The molecule has 1 heterocycles. The van der Waals surface area contributed by atoms with Gasteiger partial charge in [-0.25, -0.2) is 9.55 Å². The maximum Gasteiger partial charge on any atom is 0.391 e. The van der Waals surface area contributed by atoms with Gasteiger partial charge in [0.1, 0.15) is 0 Å². The summed E-state index contributed by atoms with van der Waals surface area (Å²) in [6, 6.07) is 0. The lowest BCUT2D eigenvalue weighted by molar-refractivity contribution is 0.399. The van der Waals surface area contributed by atoms with Crippen LogP contribution in [-0.2, 0) is 11.6 Å². The molecule has 0 spiro atoms. The van der Waals surface area contributed by atoms with Crippen molar-refractivity contribution in [2.75, 3.05) is 0 Å². The van der Waals surface area contributed by atoms with E-state index in [1.807, 2.05) is 33.3 Å². The summed E-state index contributed by atoms with van der Waals surface area (Å²) in [5, 5.41) is 0. The fourth-order valence-electron chi connectivity index (χ4n) is 0.326. The Morgan fingerprint density at radius 2 is 2.09 bits per heavy atom. The van der Waals surface area contributed by atoms with Gasteiger partial charge >= 0.3 is 6.30 Å². The molecule has 0 aliphatic heterocycles. The molecule has 1 aromatic heterocycles. The van der Waals surface area contributed by atoms with Gasteiger partial charge in [-0.2, -0.15) is 0 Å². The zero-order chi connectivity index (χ0) is 8.91. The molecule has 0 unspecified atom stereocenters. The molecule has 0 bridgehead atoms. The summed E-state index contributed by atoms with van der Waals surface area (Å²) in [7, 11) is 1.94. The Hall–Kier alpha value is -0.160. The normalized spacial score (nSPS) is 10.2. The fourth-order valence-corrected chi connectivity index (χ4v) is 0.326. The summed E-state index contributed by atoms with van der Waals surface area (Å²) >= 11 is 2.04. The van der Waals surface area contributed by atoms with Crippen LogP contribution in [0.25, 0.3) is 0 Å². The molecular formula is C4H8BrN2O3P. The minimum Gasteiger partial charge on any atom is -0.341 e. The lowest BCUT2D eigenvalue weighted by Gasteiger charge is -1.81. The standard InChI is InChI=1S/C4H6N2.BrH2O3P/c1-6-3-2-5-4-6;1-5(2,3)4/h2-4H,1H3;(H2,2,3,4). The molecule has 0 aromatic carbocycles. The van der Waals surface area contributed by atoms with E-state index in [9.17, 15) is 4.57 Å². The fraction of sp³-hybridized carbons (Fsp3) is 0.250. The van der Waals surface area contributed by atoms with E-state index >= 15 is 0 Å². The highest BCUT2D eigenvalue weighted by Gasteiger charge is 1.99. The summed E-state index contributed by atoms with van der Waals surface area (Å²) in [4.78, 5) is 18.9. The van der Waals surface area contributed by atoms with Crippen LogP contribution in [0.2, 0.25) is 0 Å². The average molecular weight is 243 g/mol. The van der Waals surface area contributed by atoms with E-state index in [1.54, 1.807) is 12.5 Å². The Morgan fingerprint density at radius 3 is 2.18 bits per heavy atom. The number of hydrogen-bond donors (Lipinski definition) is 2. The molecule has 0 saturated carbocycles. The van der Waals surface area contributed by atoms with Crippen molar-refractivity contribution in [3.8, 4) is 0 Å². The summed E-state index contributed by atoms with van der Waals surface area (Å²) < 4.78 is 11.1. The van der Waals surface area contributed by atoms with Crippen LogP contribution in [0.15, 0.2) is 18.7 Å². The maximum absolute atomic E-state index is 9.24. The summed E-state index contributed by atoms with van der Waals surface area (Å²) in [5.74, 6) is 0. The van der Waals surface area contributed by atoms with Gasteiger partial charge in [0.25, 0.3) is 0 Å². The molecule has 0 saturated heterocycles. The van der Waals surface area contributed by atoms with Crippen LogP contribution in [0.3, 0.4) is 0 Å². The quantitative estimate of drug-likeness (QED) is 0.663. The highest BCUT2D eigenvalue weighted by atomic mass is 79.9. The Bertz CT molecular complexity index is 223. The molecule has 2 N–H and O–H groups in total. The number of aromatic nitrogens is 2. The van der Waals surface area contributed by atoms with Gasteiger partial charge in [-0.15, -0.1) is 0 Å². The summed E-state index contributed by atoms with van der Waals surface area (Å²) in [5.41, 5.74) is 0. The van der Waals surface area contributed by atoms with E-state index in [2.05, 4.69) is 4.98 Å². The minimum atomic E-state index is -3.83. The second-order valence-electron chi connectivity index (χ2n) is 1.70.